The fourth-order valence-electron chi connectivity index (χ4n) is 1.92. The van der Waals surface area contributed by atoms with E-state index in [1.54, 1.807) is 42.5 Å². The average Bonchev–Trinajstić information content (AvgIpc) is 2.59. The molecule has 0 radical (unpaired) electrons. The molecule has 0 aromatic heterocycles. The largest absolute Gasteiger partial charge is 0.497 e. The Labute approximate surface area is 133 Å². The summed E-state index contributed by atoms with van der Waals surface area (Å²) in [5.41, 5.74) is 0.784. The van der Waals surface area contributed by atoms with Gasteiger partial charge in [0.25, 0.3) is 5.91 Å². The van der Waals surface area contributed by atoms with Gasteiger partial charge in [0.1, 0.15) is 11.6 Å². The van der Waals surface area contributed by atoms with Crippen LogP contribution in [0.15, 0.2) is 48.5 Å². The second-order valence-corrected chi connectivity index (χ2v) is 4.78. The Hall–Kier alpha value is -2.89. The summed E-state index contributed by atoms with van der Waals surface area (Å²) in [5, 5.41) is 5.05. The van der Waals surface area contributed by atoms with Gasteiger partial charge in [-0.25, -0.2) is 4.39 Å². The van der Waals surface area contributed by atoms with Gasteiger partial charge in [-0.15, -0.1) is 0 Å². The van der Waals surface area contributed by atoms with Crippen LogP contribution in [0, 0.1) is 5.82 Å². The van der Waals surface area contributed by atoms with Crippen molar-refractivity contribution >= 4 is 11.8 Å². The Kier molecular flexibility index (Phi) is 5.68. The highest BCUT2D eigenvalue weighted by molar-refractivity contribution is 5.96. The molecule has 120 valence electrons. The Morgan fingerprint density at radius 1 is 1.09 bits per heavy atom. The summed E-state index contributed by atoms with van der Waals surface area (Å²) in [5.74, 6) is -0.607. The van der Waals surface area contributed by atoms with Gasteiger partial charge in [-0.2, -0.15) is 0 Å². The molecule has 23 heavy (non-hydrogen) atoms. The molecule has 0 aliphatic carbocycles. The zero-order valence-corrected chi connectivity index (χ0v) is 12.6. The van der Waals surface area contributed by atoms with Crippen LogP contribution in [0.25, 0.3) is 0 Å². The van der Waals surface area contributed by atoms with Crippen LogP contribution in [-0.4, -0.2) is 25.5 Å². The Morgan fingerprint density at radius 2 is 1.87 bits per heavy atom. The topological polar surface area (TPSA) is 67.4 Å². The molecule has 2 N–H and O–H groups in total. The van der Waals surface area contributed by atoms with Gasteiger partial charge in [0.15, 0.2) is 0 Å². The van der Waals surface area contributed by atoms with Crippen molar-refractivity contribution in [3.8, 4) is 5.75 Å². The van der Waals surface area contributed by atoms with E-state index in [1.807, 2.05) is 0 Å². The van der Waals surface area contributed by atoms with Gasteiger partial charge in [0, 0.05) is 17.7 Å². The molecule has 0 aliphatic rings. The summed E-state index contributed by atoms with van der Waals surface area (Å²) < 4.78 is 18.4. The van der Waals surface area contributed by atoms with E-state index in [1.165, 1.54) is 13.2 Å². The minimum atomic E-state index is -0.399. The Balaban J connectivity index is 1.82. The monoisotopic (exact) mass is 316 g/mol. The smallest absolute Gasteiger partial charge is 0.251 e. The molecular formula is C17H17FN2O3. The third-order valence-electron chi connectivity index (χ3n) is 3.18. The van der Waals surface area contributed by atoms with Gasteiger partial charge in [0.2, 0.25) is 5.91 Å². The quantitative estimate of drug-likeness (QED) is 0.855. The molecule has 2 rings (SSSR count). The summed E-state index contributed by atoms with van der Waals surface area (Å²) in [6, 6.07) is 12.8. The lowest BCUT2D eigenvalue weighted by Crippen LogP contribution is -2.36. The maximum absolute atomic E-state index is 13.4. The normalized spacial score (nSPS) is 10.0. The van der Waals surface area contributed by atoms with Gasteiger partial charge in [-0.05, 0) is 24.3 Å². The fourth-order valence-corrected chi connectivity index (χ4v) is 1.92. The van der Waals surface area contributed by atoms with Gasteiger partial charge >= 0.3 is 0 Å². The second kappa shape index (κ2) is 7.93. The number of carbonyl (C=O) groups excluding carboxylic acids is 2. The van der Waals surface area contributed by atoms with E-state index in [4.69, 9.17) is 4.74 Å². The zero-order valence-electron chi connectivity index (χ0n) is 12.6. The highest BCUT2D eigenvalue weighted by Gasteiger charge is 2.09. The van der Waals surface area contributed by atoms with Gasteiger partial charge in [-0.1, -0.05) is 24.3 Å². The van der Waals surface area contributed by atoms with Crippen molar-refractivity contribution in [1.29, 1.82) is 0 Å². The van der Waals surface area contributed by atoms with Crippen LogP contribution in [0.3, 0.4) is 0 Å². The van der Waals surface area contributed by atoms with E-state index in [-0.39, 0.29) is 24.8 Å². The molecule has 2 aromatic rings. The Bertz CT molecular complexity index is 704. The van der Waals surface area contributed by atoms with E-state index >= 15 is 0 Å². The molecular weight excluding hydrogens is 299 g/mol. The first-order chi connectivity index (χ1) is 11.1. The first-order valence-electron chi connectivity index (χ1n) is 7.02. The lowest BCUT2D eigenvalue weighted by atomic mass is 10.2. The van der Waals surface area contributed by atoms with E-state index < -0.39 is 5.91 Å². The molecule has 5 nitrogen and oxygen atoms in total. The molecule has 0 spiro atoms. The minimum absolute atomic E-state index is 0.0700. The summed E-state index contributed by atoms with van der Waals surface area (Å²) in [6.07, 6.45) is 0. The average molecular weight is 316 g/mol. The standard InChI is InChI=1S/C17H17FN2O3/c1-23-14-7-4-6-12(9-14)17(22)20-11-16(21)19-10-13-5-2-3-8-15(13)18/h2-9H,10-11H2,1H3,(H,19,21)(H,20,22). The van der Waals surface area contributed by atoms with E-state index in [2.05, 4.69) is 10.6 Å². The van der Waals surface area contributed by atoms with Crippen LogP contribution in [0.4, 0.5) is 4.39 Å². The third kappa shape index (κ3) is 4.81. The second-order valence-electron chi connectivity index (χ2n) is 4.78. The number of hydrogen-bond acceptors (Lipinski definition) is 3. The maximum Gasteiger partial charge on any atom is 0.251 e. The highest BCUT2D eigenvalue weighted by Crippen LogP contribution is 2.12. The van der Waals surface area contributed by atoms with Crippen LogP contribution >= 0.6 is 0 Å². The summed E-state index contributed by atoms with van der Waals surface area (Å²) >= 11 is 0. The molecule has 0 bridgehead atoms. The van der Waals surface area contributed by atoms with Gasteiger partial charge in [0.05, 0.1) is 13.7 Å². The summed E-state index contributed by atoms with van der Waals surface area (Å²) in [7, 11) is 1.51. The minimum Gasteiger partial charge on any atom is -0.497 e. The number of hydrogen-bond donors (Lipinski definition) is 2. The number of benzene rings is 2. The lowest BCUT2D eigenvalue weighted by molar-refractivity contribution is -0.120. The molecule has 0 unspecified atom stereocenters. The number of carbonyl (C=O) groups is 2. The van der Waals surface area contributed by atoms with E-state index in [9.17, 15) is 14.0 Å². The van der Waals surface area contributed by atoms with Crippen LogP contribution in [-0.2, 0) is 11.3 Å². The zero-order chi connectivity index (χ0) is 16.7. The molecule has 2 amide bonds. The van der Waals surface area contributed by atoms with Crippen molar-refractivity contribution in [2.75, 3.05) is 13.7 Å². The molecule has 2 aromatic carbocycles. The molecule has 0 saturated heterocycles. The van der Waals surface area contributed by atoms with Crippen molar-refractivity contribution in [2.45, 2.75) is 6.54 Å². The molecule has 6 heteroatoms. The van der Waals surface area contributed by atoms with Crippen LogP contribution in [0.5, 0.6) is 5.75 Å². The maximum atomic E-state index is 13.4. The van der Waals surface area contributed by atoms with Crippen molar-refractivity contribution < 1.29 is 18.7 Å². The van der Waals surface area contributed by atoms with Crippen molar-refractivity contribution in [1.82, 2.24) is 10.6 Å². The Morgan fingerprint density at radius 3 is 2.61 bits per heavy atom. The summed E-state index contributed by atoms with van der Waals surface area (Å²) in [6.45, 7) is -0.120. The number of rotatable bonds is 6. The van der Waals surface area contributed by atoms with Crippen molar-refractivity contribution in [3.63, 3.8) is 0 Å². The number of halogens is 1. The van der Waals surface area contributed by atoms with E-state index in [0.29, 0.717) is 16.9 Å². The summed E-state index contributed by atoms with van der Waals surface area (Å²) in [4.78, 5) is 23.7. The SMILES string of the molecule is COc1cccc(C(=O)NCC(=O)NCc2ccccc2F)c1. The number of nitrogens with one attached hydrogen (secondary N) is 2. The molecule has 0 heterocycles. The first-order valence-corrected chi connectivity index (χ1v) is 7.02. The van der Waals surface area contributed by atoms with Crippen molar-refractivity contribution in [3.05, 3.63) is 65.5 Å². The number of methoxy groups -OCH3 is 1. The van der Waals surface area contributed by atoms with Gasteiger partial charge in [-0.3, -0.25) is 9.59 Å². The predicted octanol–water partition coefficient (Wildman–Crippen LogP) is 1.88. The number of amides is 2. The van der Waals surface area contributed by atoms with Crippen LogP contribution in [0.1, 0.15) is 15.9 Å². The third-order valence-corrected chi connectivity index (χ3v) is 3.18. The van der Waals surface area contributed by atoms with Crippen molar-refractivity contribution in [2.24, 2.45) is 0 Å². The number of ether oxygens (including phenoxy) is 1. The predicted molar refractivity (Wildman–Crippen MR) is 83.6 cm³/mol. The first kappa shape index (κ1) is 16.5. The van der Waals surface area contributed by atoms with Gasteiger partial charge < -0.3 is 15.4 Å². The molecule has 0 saturated carbocycles. The molecule has 0 aliphatic heterocycles. The molecule has 0 atom stereocenters. The van der Waals surface area contributed by atoms with Crippen LogP contribution in [0.2, 0.25) is 0 Å². The lowest BCUT2D eigenvalue weighted by Gasteiger charge is -2.08. The highest BCUT2D eigenvalue weighted by atomic mass is 19.1. The fraction of sp³-hybridized carbons (Fsp3) is 0.176. The van der Waals surface area contributed by atoms with E-state index in [0.717, 1.165) is 0 Å². The van der Waals surface area contributed by atoms with Crippen LogP contribution < -0.4 is 15.4 Å². The molecule has 0 fully saturated rings.